The van der Waals surface area contributed by atoms with Crippen LogP contribution in [0, 0.1) is 65.6 Å². The monoisotopic (exact) mass is 1070 g/mol. The van der Waals surface area contributed by atoms with E-state index in [2.05, 4.69) is 61.5 Å². The smallest absolute Gasteiger partial charge is 0.311 e. The van der Waals surface area contributed by atoms with Crippen LogP contribution in [0.15, 0.2) is 20.0 Å². The van der Waals surface area contributed by atoms with Gasteiger partial charge in [-0.1, -0.05) is 93.9 Å². The van der Waals surface area contributed by atoms with Crippen LogP contribution in [0.2, 0.25) is 0 Å². The van der Waals surface area contributed by atoms with Crippen molar-refractivity contribution in [3.05, 3.63) is 20.2 Å². The van der Waals surface area contributed by atoms with Gasteiger partial charge < -0.3 is 64.3 Å². The number of hydrazine groups is 2. The maximum Gasteiger partial charge on any atom is 0.311 e. The maximum absolute atomic E-state index is 12.8. The largest absolute Gasteiger partial charge is 0.428 e. The predicted octanol–water partition coefficient (Wildman–Crippen LogP) is 2.48. The zero-order valence-corrected chi connectivity index (χ0v) is 46.1. The van der Waals surface area contributed by atoms with E-state index in [1.807, 2.05) is 41.5 Å². The molecule has 432 valence electrons. The van der Waals surface area contributed by atoms with Crippen molar-refractivity contribution < 1.29 is 59.1 Å². The van der Waals surface area contributed by atoms with Gasteiger partial charge in [-0.25, -0.2) is 30.2 Å². The lowest BCUT2D eigenvalue weighted by Crippen LogP contribution is -2.36. The van der Waals surface area contributed by atoms with Gasteiger partial charge in [-0.15, -0.1) is 0 Å². The minimum Gasteiger partial charge on any atom is -0.428 e. The molecule has 4 unspecified atom stereocenters. The van der Waals surface area contributed by atoms with Crippen molar-refractivity contribution in [1.82, 2.24) is 10.9 Å². The average Bonchev–Trinajstić information content (AvgIpc) is 3.20. The Morgan fingerprint density at radius 3 is 0.811 bits per heavy atom. The highest BCUT2D eigenvalue weighted by Crippen LogP contribution is 2.31. The Morgan fingerprint density at radius 1 is 0.432 bits per heavy atom. The van der Waals surface area contributed by atoms with Crippen molar-refractivity contribution in [2.24, 2.45) is 99.7 Å². The van der Waals surface area contributed by atoms with E-state index in [0.717, 1.165) is 0 Å². The molecule has 28 heteroatoms. The molecular formula is C46H94N14O14. The van der Waals surface area contributed by atoms with Crippen LogP contribution in [0.5, 0.6) is 0 Å². The van der Waals surface area contributed by atoms with Crippen LogP contribution in [-0.4, -0.2) is 108 Å². The summed E-state index contributed by atoms with van der Waals surface area (Å²) in [7, 11) is 0. The molecule has 0 radical (unpaired) electrons. The Balaban J connectivity index is -0.000000653. The van der Waals surface area contributed by atoms with Crippen LogP contribution >= 0.6 is 0 Å². The summed E-state index contributed by atoms with van der Waals surface area (Å²) in [6.07, 6.45) is 6.44. The summed E-state index contributed by atoms with van der Waals surface area (Å²) in [6.45, 7) is 24.5. The van der Waals surface area contributed by atoms with E-state index < -0.39 is 47.4 Å². The molecule has 74 heavy (non-hydrogen) atoms. The van der Waals surface area contributed by atoms with Crippen molar-refractivity contribution in [2.45, 2.75) is 160 Å². The lowest BCUT2D eigenvalue weighted by atomic mass is 9.82. The second-order valence-electron chi connectivity index (χ2n) is 22.4. The minimum atomic E-state index is -0.813. The van der Waals surface area contributed by atoms with Gasteiger partial charge in [0.05, 0.1) is 23.7 Å². The number of nitrogens with two attached hydrogens (primary N) is 6. The number of carbonyl (C=O) groups is 4. The Morgan fingerprint density at radius 2 is 0.635 bits per heavy atom. The van der Waals surface area contributed by atoms with Gasteiger partial charge in [0.2, 0.25) is 13.6 Å². The third-order valence-electron chi connectivity index (χ3n) is 9.98. The molecule has 0 aromatic rings. The molecule has 0 rings (SSSR count). The first-order valence-corrected chi connectivity index (χ1v) is 24.2. The van der Waals surface area contributed by atoms with Gasteiger partial charge >= 0.3 is 23.9 Å². The number of ether oxygens (including phenoxy) is 4. The zero-order valence-electron chi connectivity index (χ0n) is 46.1. The number of esters is 4. The molecule has 0 saturated carbocycles. The fourth-order valence-electron chi connectivity index (χ4n) is 7.36. The first-order chi connectivity index (χ1) is 33.0. The third-order valence-corrected chi connectivity index (χ3v) is 9.98. The van der Waals surface area contributed by atoms with Gasteiger partial charge in [-0.3, -0.25) is 29.2 Å². The third kappa shape index (κ3) is 45.5. The predicted molar refractivity (Wildman–Crippen MR) is 283 cm³/mol. The Labute approximate surface area is 436 Å². The molecule has 0 bridgehead atoms. The molecule has 0 heterocycles. The van der Waals surface area contributed by atoms with Crippen molar-refractivity contribution >= 4 is 47.7 Å². The molecule has 0 aliphatic heterocycles. The molecule has 0 fully saturated rings. The van der Waals surface area contributed by atoms with Crippen LogP contribution < -0.4 is 45.3 Å². The summed E-state index contributed by atoms with van der Waals surface area (Å²) in [5, 5.41) is 19.1. The molecule has 4 atom stereocenters. The zero-order chi connectivity index (χ0) is 55.9. The number of guanidine groups is 4. The highest BCUT2D eigenvalue weighted by molar-refractivity contribution is 5.78. The quantitative estimate of drug-likeness (QED) is 0.00974. The van der Waals surface area contributed by atoms with Crippen LogP contribution in [-0.2, 0) is 38.1 Å². The summed E-state index contributed by atoms with van der Waals surface area (Å²) in [6, 6.07) is 0. The van der Waals surface area contributed by atoms with Crippen LogP contribution in [0.1, 0.15) is 160 Å². The Bertz CT molecular complexity index is 1670. The molecule has 0 saturated heterocycles. The van der Waals surface area contributed by atoms with Gasteiger partial charge in [0.15, 0.2) is 22.0 Å². The number of nitrogens with zero attached hydrogens (tertiary/aromatic N) is 6. The summed E-state index contributed by atoms with van der Waals surface area (Å²) in [5.74, 6) is -4.06. The molecule has 28 nitrogen and oxygen atoms in total. The van der Waals surface area contributed by atoms with Crippen molar-refractivity contribution in [2.75, 3.05) is 39.8 Å². The van der Waals surface area contributed by atoms with Crippen LogP contribution in [0.25, 0.3) is 0 Å². The van der Waals surface area contributed by atoms with Crippen LogP contribution in [0.3, 0.4) is 0 Å². The van der Waals surface area contributed by atoms with Crippen molar-refractivity contribution in [1.29, 1.82) is 0 Å². The standard InChI is InChI=1S/C23H44N8O8.C23H46N6O4.2H2O/c1-22(2,3)13-16(9-7-11-26-20(24)28-30(34)35)18(32)38-15-39-19(33)17(14-23(4,5)6)10-8-12-27-21(25)29-31(36)37;1-22(2,3)13-16(9-7-11-28-20(24)25)18(30)32-15-33-19(31)17(14-23(4,5)6)10-8-12-29-21(26)27;;/h16-17H,7-15H2,1-6H3,(H3,24,26,28)(H3,25,27,29);16-17H,7-15H2,1-6H3,(H4,24,25,28)(H4,26,27,29);2*1H2. The molecule has 0 aromatic carbocycles. The fourth-order valence-corrected chi connectivity index (χ4v) is 7.36. The molecule has 18 N–H and O–H groups in total. The van der Waals surface area contributed by atoms with Gasteiger partial charge in [-0.05, 0) is 98.7 Å². The summed E-state index contributed by atoms with van der Waals surface area (Å²) >= 11 is 0. The number of hydrogen-bond donors (Lipinski definition) is 8. The lowest BCUT2D eigenvalue weighted by Gasteiger charge is -2.26. The van der Waals surface area contributed by atoms with Gasteiger partial charge in [0.25, 0.3) is 11.9 Å². The van der Waals surface area contributed by atoms with Crippen molar-refractivity contribution in [3.8, 4) is 0 Å². The van der Waals surface area contributed by atoms with E-state index >= 15 is 0 Å². The molecule has 0 aliphatic rings. The SMILES string of the molecule is CC(C)(C)CC(CCCN=C(N)N)C(=O)OCOC(=O)C(CCCN=C(N)N)CC(C)(C)C.CC(C)(C)CC(CCCN=C(N)N[N+](=O)[O-])C(=O)OCOC(=O)C(CCCN=C(N)N[N+](=O)[O-])CC(C)(C)C.O.O. The van der Waals surface area contributed by atoms with E-state index in [0.29, 0.717) is 90.1 Å². The first-order valence-electron chi connectivity index (χ1n) is 24.2. The second-order valence-corrected chi connectivity index (χ2v) is 22.4. The number of aliphatic imine (C=N–C) groups is 4. The van der Waals surface area contributed by atoms with Gasteiger partial charge in [0.1, 0.15) is 0 Å². The summed E-state index contributed by atoms with van der Waals surface area (Å²) in [5.41, 5.74) is 35.2. The summed E-state index contributed by atoms with van der Waals surface area (Å²) in [4.78, 5) is 87.2. The second kappa shape index (κ2) is 37.4. The average molecular weight is 1070 g/mol. The lowest BCUT2D eigenvalue weighted by molar-refractivity contribution is -0.525. The van der Waals surface area contributed by atoms with E-state index in [-0.39, 0.29) is 93.3 Å². The molecule has 0 aromatic heterocycles. The topological polar surface area (TPSA) is 484 Å². The normalized spacial score (nSPS) is 13.5. The van der Waals surface area contributed by atoms with E-state index in [1.165, 1.54) is 0 Å². The molecule has 0 amide bonds. The van der Waals surface area contributed by atoms with Crippen molar-refractivity contribution in [3.63, 3.8) is 0 Å². The van der Waals surface area contributed by atoms with E-state index in [4.69, 9.17) is 53.3 Å². The van der Waals surface area contributed by atoms with E-state index in [1.54, 1.807) is 10.9 Å². The van der Waals surface area contributed by atoms with E-state index in [9.17, 15) is 39.4 Å². The number of rotatable bonds is 30. The highest BCUT2D eigenvalue weighted by Gasteiger charge is 2.30. The number of nitro groups is 2. The molecule has 0 spiro atoms. The van der Waals surface area contributed by atoms with Gasteiger partial charge in [0, 0.05) is 26.2 Å². The summed E-state index contributed by atoms with van der Waals surface area (Å²) < 4.78 is 21.2. The Kier molecular flexibility index (Phi) is 37.5. The Hall–Kier alpha value is -6.32. The van der Waals surface area contributed by atoms with Crippen LogP contribution in [0.4, 0.5) is 0 Å². The molecule has 0 aliphatic carbocycles. The first kappa shape index (κ1) is 74.2. The molecular weight excluding hydrogens is 973 g/mol. The highest BCUT2D eigenvalue weighted by atomic mass is 16.7. The maximum atomic E-state index is 12.8. The number of hydrogen-bond acceptors (Lipinski definition) is 16. The minimum absolute atomic E-state index is 0. The van der Waals surface area contributed by atoms with Gasteiger partial charge in [-0.2, -0.15) is 0 Å². The number of carbonyl (C=O) groups excluding carboxylic acids is 4. The number of nitrogens with one attached hydrogen (secondary N) is 2. The fraction of sp³-hybridized carbons (Fsp3) is 0.826.